The van der Waals surface area contributed by atoms with Crippen LogP contribution in [0.15, 0.2) is 42.5 Å². The third-order valence-electron chi connectivity index (χ3n) is 2.50. The Morgan fingerprint density at radius 2 is 1.81 bits per heavy atom. The fourth-order valence-electron chi connectivity index (χ4n) is 1.56. The third-order valence-corrected chi connectivity index (χ3v) is 3.06. The van der Waals surface area contributed by atoms with E-state index in [1.807, 2.05) is 12.1 Å². The van der Waals surface area contributed by atoms with E-state index < -0.39 is 12.6 Å². The highest BCUT2D eigenvalue weighted by molar-refractivity contribution is 6.31. The molecule has 0 aliphatic rings. The highest BCUT2D eigenvalue weighted by Gasteiger charge is 2.05. The molecule has 0 aliphatic carbocycles. The summed E-state index contributed by atoms with van der Waals surface area (Å²) in [6.45, 7) is -0.442. The Bertz CT molecular complexity index is 730. The van der Waals surface area contributed by atoms with Gasteiger partial charge in [0.1, 0.15) is 5.75 Å². The lowest BCUT2D eigenvalue weighted by molar-refractivity contribution is -0.139. The molecule has 0 fully saturated rings. The Labute approximate surface area is 132 Å². The van der Waals surface area contributed by atoms with E-state index in [9.17, 15) is 4.79 Å². The van der Waals surface area contributed by atoms with Crippen molar-refractivity contribution in [3.05, 3.63) is 63.6 Å². The Morgan fingerprint density at radius 1 is 1.10 bits per heavy atom. The molecule has 0 heterocycles. The second kappa shape index (κ2) is 7.03. The average Bonchev–Trinajstić information content (AvgIpc) is 2.45. The molecule has 5 heteroatoms. The molecule has 2 rings (SSSR count). The van der Waals surface area contributed by atoms with Crippen molar-refractivity contribution in [3.63, 3.8) is 0 Å². The van der Waals surface area contributed by atoms with Gasteiger partial charge in [-0.25, -0.2) is 4.79 Å². The number of hydrogen-bond acceptors (Lipinski definition) is 2. The predicted molar refractivity (Wildman–Crippen MR) is 82.0 cm³/mol. The molecule has 2 aromatic carbocycles. The van der Waals surface area contributed by atoms with Crippen LogP contribution in [0.4, 0.5) is 0 Å². The van der Waals surface area contributed by atoms with E-state index in [2.05, 4.69) is 11.8 Å². The van der Waals surface area contributed by atoms with Gasteiger partial charge >= 0.3 is 5.97 Å². The fraction of sp³-hybridized carbons (Fsp3) is 0.0625. The van der Waals surface area contributed by atoms with Crippen molar-refractivity contribution < 1.29 is 14.6 Å². The molecule has 0 atom stereocenters. The lowest BCUT2D eigenvalue weighted by atomic mass is 10.1. The number of carbonyl (C=O) groups is 1. The summed E-state index contributed by atoms with van der Waals surface area (Å²) in [6.07, 6.45) is 0. The monoisotopic (exact) mass is 320 g/mol. The van der Waals surface area contributed by atoms with Gasteiger partial charge in [-0.2, -0.15) is 0 Å². The van der Waals surface area contributed by atoms with Crippen LogP contribution in [0.2, 0.25) is 10.0 Å². The molecule has 3 nitrogen and oxygen atoms in total. The summed E-state index contributed by atoms with van der Waals surface area (Å²) < 4.78 is 5.18. The molecule has 1 N–H and O–H groups in total. The summed E-state index contributed by atoms with van der Waals surface area (Å²) in [7, 11) is 0. The Hall–Kier alpha value is -2.15. The van der Waals surface area contributed by atoms with Crippen molar-refractivity contribution in [2.45, 2.75) is 0 Å². The van der Waals surface area contributed by atoms with Crippen molar-refractivity contribution >= 4 is 29.2 Å². The van der Waals surface area contributed by atoms with Crippen LogP contribution in [0.3, 0.4) is 0 Å². The van der Waals surface area contributed by atoms with Crippen LogP contribution >= 0.6 is 23.2 Å². The lowest BCUT2D eigenvalue weighted by Gasteiger charge is -2.06. The molecule has 0 radical (unpaired) electrons. The molecule has 0 aromatic heterocycles. The summed E-state index contributed by atoms with van der Waals surface area (Å²) in [5.41, 5.74) is 1.17. The van der Waals surface area contributed by atoms with Gasteiger partial charge in [-0.1, -0.05) is 47.2 Å². The number of benzene rings is 2. The van der Waals surface area contributed by atoms with E-state index in [1.165, 1.54) is 0 Å². The predicted octanol–water partition coefficient (Wildman–Crippen LogP) is 3.86. The van der Waals surface area contributed by atoms with Crippen molar-refractivity contribution in [1.82, 2.24) is 0 Å². The first-order valence-corrected chi connectivity index (χ1v) is 6.72. The number of rotatable bonds is 3. The fourth-order valence-corrected chi connectivity index (χ4v) is 1.92. The van der Waals surface area contributed by atoms with Crippen LogP contribution < -0.4 is 4.74 Å². The highest BCUT2D eigenvalue weighted by atomic mass is 35.5. The quantitative estimate of drug-likeness (QED) is 0.873. The van der Waals surface area contributed by atoms with Crippen molar-refractivity contribution in [2.75, 3.05) is 6.61 Å². The highest BCUT2D eigenvalue weighted by Crippen LogP contribution is 2.22. The van der Waals surface area contributed by atoms with E-state index in [-0.39, 0.29) is 0 Å². The number of carboxylic acid groups (broad SMARTS) is 1. The van der Waals surface area contributed by atoms with E-state index >= 15 is 0 Å². The largest absolute Gasteiger partial charge is 0.481 e. The molecular formula is C16H10Cl2O3. The zero-order chi connectivity index (χ0) is 15.2. The van der Waals surface area contributed by atoms with Crippen molar-refractivity contribution in [2.24, 2.45) is 0 Å². The number of halogens is 2. The van der Waals surface area contributed by atoms with E-state index in [0.29, 0.717) is 26.9 Å². The number of aliphatic carboxylic acids is 1. The molecule has 0 aliphatic heterocycles. The average molecular weight is 321 g/mol. The summed E-state index contributed by atoms with van der Waals surface area (Å²) in [5, 5.41) is 9.69. The minimum atomic E-state index is -1.06. The Kier molecular flexibility index (Phi) is 5.10. The van der Waals surface area contributed by atoms with Crippen LogP contribution in [0.1, 0.15) is 11.1 Å². The third kappa shape index (κ3) is 4.42. The smallest absolute Gasteiger partial charge is 0.341 e. The number of carboxylic acids is 1. The molecule has 2 aromatic rings. The Balaban J connectivity index is 2.33. The van der Waals surface area contributed by atoms with Gasteiger partial charge in [0, 0.05) is 10.6 Å². The van der Waals surface area contributed by atoms with Gasteiger partial charge in [-0.05, 0) is 30.3 Å². The first-order chi connectivity index (χ1) is 10.1. The van der Waals surface area contributed by atoms with Gasteiger partial charge in [0.2, 0.25) is 0 Å². The zero-order valence-corrected chi connectivity index (χ0v) is 12.3. The molecule has 0 bridgehead atoms. The molecule has 0 unspecified atom stereocenters. The van der Waals surface area contributed by atoms with Gasteiger partial charge < -0.3 is 9.84 Å². The normalized spacial score (nSPS) is 9.62. The maximum absolute atomic E-state index is 10.6. The van der Waals surface area contributed by atoms with E-state index in [0.717, 1.165) is 0 Å². The summed E-state index contributed by atoms with van der Waals surface area (Å²) >= 11 is 12.0. The topological polar surface area (TPSA) is 46.5 Å². The molecule has 106 valence electrons. The SMILES string of the molecule is O=C(O)COc1ccc(Cl)cc1C#Cc1ccccc1Cl. The molecular weight excluding hydrogens is 311 g/mol. The molecule has 21 heavy (non-hydrogen) atoms. The van der Waals surface area contributed by atoms with Gasteiger partial charge in [-0.3, -0.25) is 0 Å². The van der Waals surface area contributed by atoms with Gasteiger partial charge in [-0.15, -0.1) is 0 Å². The Morgan fingerprint density at radius 3 is 2.52 bits per heavy atom. The van der Waals surface area contributed by atoms with Crippen LogP contribution in [-0.2, 0) is 4.79 Å². The van der Waals surface area contributed by atoms with Gasteiger partial charge in [0.15, 0.2) is 6.61 Å². The van der Waals surface area contributed by atoms with Crippen molar-refractivity contribution in [1.29, 1.82) is 0 Å². The second-order valence-electron chi connectivity index (χ2n) is 4.05. The zero-order valence-electron chi connectivity index (χ0n) is 10.8. The van der Waals surface area contributed by atoms with Crippen LogP contribution in [0, 0.1) is 11.8 Å². The first-order valence-electron chi connectivity index (χ1n) is 5.97. The van der Waals surface area contributed by atoms with Gasteiger partial charge in [0.25, 0.3) is 0 Å². The maximum Gasteiger partial charge on any atom is 0.341 e. The summed E-state index contributed by atoms with van der Waals surface area (Å²) in [6, 6.07) is 12.0. The lowest BCUT2D eigenvalue weighted by Crippen LogP contribution is -2.10. The number of ether oxygens (including phenoxy) is 1. The summed E-state index contributed by atoms with van der Waals surface area (Å²) in [4.78, 5) is 10.6. The molecule has 0 saturated carbocycles. The first kappa shape index (κ1) is 15.2. The van der Waals surface area contributed by atoms with Crippen LogP contribution in [0.5, 0.6) is 5.75 Å². The summed E-state index contributed by atoms with van der Waals surface area (Å²) in [5.74, 6) is 5.12. The molecule has 0 amide bonds. The minimum Gasteiger partial charge on any atom is -0.481 e. The second-order valence-corrected chi connectivity index (χ2v) is 4.90. The van der Waals surface area contributed by atoms with Crippen LogP contribution in [0.25, 0.3) is 0 Å². The molecule has 0 spiro atoms. The standard InChI is InChI=1S/C16H10Cl2O3/c17-13-7-8-15(21-10-16(19)20)12(9-13)6-5-11-3-1-2-4-14(11)18/h1-4,7-9H,10H2,(H,19,20). The minimum absolute atomic E-state index is 0.362. The van der Waals surface area contributed by atoms with Gasteiger partial charge in [0.05, 0.1) is 10.6 Å². The maximum atomic E-state index is 10.6. The number of hydrogen-bond donors (Lipinski definition) is 1. The van der Waals surface area contributed by atoms with E-state index in [4.69, 9.17) is 33.0 Å². The van der Waals surface area contributed by atoms with Crippen molar-refractivity contribution in [3.8, 4) is 17.6 Å². The van der Waals surface area contributed by atoms with E-state index in [1.54, 1.807) is 30.3 Å². The molecule has 0 saturated heterocycles. The van der Waals surface area contributed by atoms with Crippen LogP contribution in [-0.4, -0.2) is 17.7 Å².